The molecule has 7 nitrogen and oxygen atoms in total. The fraction of sp³-hybridized carbons (Fsp3) is 0.611. The minimum Gasteiger partial charge on any atom is -0.370 e. The van der Waals surface area contributed by atoms with Crippen molar-refractivity contribution in [3.05, 3.63) is 23.9 Å². The smallest absolute Gasteiger partial charge is 0.325 e. The van der Waals surface area contributed by atoms with Gasteiger partial charge in [-0.15, -0.1) is 0 Å². The lowest BCUT2D eigenvalue weighted by atomic mass is 10.1. The lowest BCUT2D eigenvalue weighted by Crippen LogP contribution is -2.41. The first-order valence-electron chi connectivity index (χ1n) is 8.88. The average Bonchev–Trinajstić information content (AvgIpc) is 3.08. The average molecular weight is 345 g/mol. The van der Waals surface area contributed by atoms with Gasteiger partial charge >= 0.3 is 6.03 Å². The van der Waals surface area contributed by atoms with E-state index < -0.39 is 5.54 Å². The van der Waals surface area contributed by atoms with Gasteiger partial charge in [0.1, 0.15) is 11.4 Å². The van der Waals surface area contributed by atoms with Gasteiger partial charge in [0.2, 0.25) is 0 Å². The van der Waals surface area contributed by atoms with Gasteiger partial charge in [-0.25, -0.2) is 9.78 Å². The summed E-state index contributed by atoms with van der Waals surface area (Å²) in [7, 11) is 0. The van der Waals surface area contributed by atoms with Crippen LogP contribution in [0, 0.1) is 12.8 Å². The Labute approximate surface area is 148 Å². The highest BCUT2D eigenvalue weighted by molar-refractivity contribution is 6.06. The van der Waals surface area contributed by atoms with E-state index in [2.05, 4.69) is 26.6 Å². The van der Waals surface area contributed by atoms with Crippen LogP contribution in [0.25, 0.3) is 0 Å². The minimum atomic E-state index is -0.782. The Morgan fingerprint density at radius 1 is 1.32 bits per heavy atom. The van der Waals surface area contributed by atoms with Gasteiger partial charge in [0.25, 0.3) is 5.91 Å². The molecule has 2 aliphatic heterocycles. The molecule has 136 valence electrons. The maximum atomic E-state index is 12.2. The first-order chi connectivity index (χ1) is 11.8. The van der Waals surface area contributed by atoms with Crippen molar-refractivity contribution in [3.8, 4) is 0 Å². The van der Waals surface area contributed by atoms with Crippen LogP contribution in [0.3, 0.4) is 0 Å². The van der Waals surface area contributed by atoms with Crippen molar-refractivity contribution in [1.29, 1.82) is 0 Å². The molecule has 1 aromatic rings. The van der Waals surface area contributed by atoms with Gasteiger partial charge in [0.15, 0.2) is 0 Å². The van der Waals surface area contributed by atoms with Crippen LogP contribution < -0.4 is 10.6 Å². The number of carbonyl (C=O) groups is 2. The molecule has 0 bridgehead atoms. The number of urea groups is 1. The van der Waals surface area contributed by atoms with Crippen LogP contribution in [0.5, 0.6) is 0 Å². The molecule has 3 heterocycles. The number of imide groups is 1. The Bertz CT molecular complexity index is 643. The van der Waals surface area contributed by atoms with Crippen molar-refractivity contribution in [3.63, 3.8) is 0 Å². The number of nitrogens with one attached hydrogen (secondary N) is 2. The molecule has 1 aromatic heterocycles. The van der Waals surface area contributed by atoms with E-state index in [0.717, 1.165) is 44.0 Å². The number of aromatic nitrogens is 1. The molecule has 3 amide bonds. The fourth-order valence-corrected chi connectivity index (χ4v) is 3.37. The number of anilines is 1. The SMILES string of the molecule is Cc1ccc(NCC2CCN(CCN3C(=O)NC(C)(C)C3=O)C2)nc1. The van der Waals surface area contributed by atoms with Crippen LogP contribution in [-0.4, -0.2) is 65.0 Å². The highest BCUT2D eigenvalue weighted by Crippen LogP contribution is 2.19. The number of aryl methyl sites for hydroxylation is 1. The number of amides is 3. The summed E-state index contributed by atoms with van der Waals surface area (Å²) in [6, 6.07) is 3.77. The lowest BCUT2D eigenvalue weighted by molar-refractivity contribution is -0.130. The van der Waals surface area contributed by atoms with E-state index in [4.69, 9.17) is 0 Å². The quantitative estimate of drug-likeness (QED) is 0.763. The Morgan fingerprint density at radius 3 is 2.76 bits per heavy atom. The normalized spacial score (nSPS) is 23.2. The largest absolute Gasteiger partial charge is 0.370 e. The molecular formula is C18H27N5O2. The molecule has 3 rings (SSSR count). The second kappa shape index (κ2) is 7.00. The fourth-order valence-electron chi connectivity index (χ4n) is 3.37. The number of hydrogen-bond donors (Lipinski definition) is 2. The molecular weight excluding hydrogens is 318 g/mol. The summed E-state index contributed by atoms with van der Waals surface area (Å²) in [5, 5.41) is 6.11. The van der Waals surface area contributed by atoms with Crippen molar-refractivity contribution >= 4 is 17.8 Å². The number of nitrogens with zero attached hydrogens (tertiary/aromatic N) is 3. The molecule has 2 fully saturated rings. The van der Waals surface area contributed by atoms with Gasteiger partial charge in [-0.3, -0.25) is 9.69 Å². The van der Waals surface area contributed by atoms with E-state index in [-0.39, 0.29) is 11.9 Å². The highest BCUT2D eigenvalue weighted by Gasteiger charge is 2.44. The molecule has 0 aliphatic carbocycles. The van der Waals surface area contributed by atoms with E-state index >= 15 is 0 Å². The third-order valence-electron chi connectivity index (χ3n) is 4.94. The highest BCUT2D eigenvalue weighted by atomic mass is 16.2. The number of carbonyl (C=O) groups excluding carboxylic acids is 2. The number of likely N-dealkylation sites (tertiary alicyclic amines) is 1. The summed E-state index contributed by atoms with van der Waals surface area (Å²) in [6.07, 6.45) is 2.98. The van der Waals surface area contributed by atoms with E-state index in [0.29, 0.717) is 12.5 Å². The summed E-state index contributed by atoms with van der Waals surface area (Å²) >= 11 is 0. The minimum absolute atomic E-state index is 0.139. The van der Waals surface area contributed by atoms with E-state index in [1.54, 1.807) is 13.8 Å². The molecule has 1 atom stereocenters. The molecule has 2 aliphatic rings. The summed E-state index contributed by atoms with van der Waals surface area (Å²) in [5.41, 5.74) is 0.372. The zero-order valence-electron chi connectivity index (χ0n) is 15.2. The summed E-state index contributed by atoms with van der Waals surface area (Å²) in [5.74, 6) is 1.33. The van der Waals surface area contributed by atoms with Crippen molar-refractivity contribution in [1.82, 2.24) is 20.1 Å². The first kappa shape index (κ1) is 17.7. The van der Waals surface area contributed by atoms with Crippen LogP contribution in [0.4, 0.5) is 10.6 Å². The molecule has 2 saturated heterocycles. The second-order valence-electron chi connectivity index (χ2n) is 7.57. The van der Waals surface area contributed by atoms with Crippen molar-refractivity contribution in [2.75, 3.05) is 38.0 Å². The first-order valence-corrected chi connectivity index (χ1v) is 8.88. The van der Waals surface area contributed by atoms with E-state index in [1.165, 1.54) is 4.90 Å². The third kappa shape index (κ3) is 4.10. The molecule has 1 unspecified atom stereocenters. The molecule has 7 heteroatoms. The maximum Gasteiger partial charge on any atom is 0.325 e. The second-order valence-corrected chi connectivity index (χ2v) is 7.57. The Morgan fingerprint density at radius 2 is 2.12 bits per heavy atom. The third-order valence-corrected chi connectivity index (χ3v) is 4.94. The van der Waals surface area contributed by atoms with E-state index in [1.807, 2.05) is 19.2 Å². The molecule has 0 aromatic carbocycles. The van der Waals surface area contributed by atoms with Crippen molar-refractivity contribution < 1.29 is 9.59 Å². The summed E-state index contributed by atoms with van der Waals surface area (Å²) in [6.45, 7) is 9.56. The predicted molar refractivity (Wildman–Crippen MR) is 96.3 cm³/mol. The molecule has 0 saturated carbocycles. The Hall–Kier alpha value is -2.15. The molecule has 2 N–H and O–H groups in total. The van der Waals surface area contributed by atoms with E-state index in [9.17, 15) is 9.59 Å². The van der Waals surface area contributed by atoms with Crippen LogP contribution >= 0.6 is 0 Å². The number of rotatable bonds is 6. The molecule has 0 spiro atoms. The van der Waals surface area contributed by atoms with Gasteiger partial charge in [-0.05, 0) is 51.3 Å². The van der Waals surface area contributed by atoms with Crippen LogP contribution in [0.15, 0.2) is 18.3 Å². The molecule has 0 radical (unpaired) electrons. The molecule has 25 heavy (non-hydrogen) atoms. The summed E-state index contributed by atoms with van der Waals surface area (Å²) < 4.78 is 0. The number of hydrogen-bond acceptors (Lipinski definition) is 5. The topological polar surface area (TPSA) is 77.6 Å². The monoisotopic (exact) mass is 345 g/mol. The zero-order valence-corrected chi connectivity index (χ0v) is 15.2. The van der Waals surface area contributed by atoms with Crippen molar-refractivity contribution in [2.45, 2.75) is 32.7 Å². The maximum absolute atomic E-state index is 12.2. The van der Waals surface area contributed by atoms with Gasteiger partial charge < -0.3 is 15.5 Å². The standard InChI is InChI=1S/C18H27N5O2/c1-13-4-5-15(19-10-13)20-11-14-6-7-22(12-14)8-9-23-16(24)18(2,3)21-17(23)25/h4-5,10,14H,6-9,11-12H2,1-3H3,(H,19,20)(H,21,25). The van der Waals surface area contributed by atoms with Gasteiger partial charge in [0.05, 0.1) is 0 Å². The predicted octanol–water partition coefficient (Wildman–Crippen LogP) is 1.45. The van der Waals surface area contributed by atoms with Gasteiger partial charge in [-0.2, -0.15) is 0 Å². The van der Waals surface area contributed by atoms with Gasteiger partial charge in [0, 0.05) is 32.4 Å². The summed E-state index contributed by atoms with van der Waals surface area (Å²) in [4.78, 5) is 32.1. The van der Waals surface area contributed by atoms with Crippen LogP contribution in [0.1, 0.15) is 25.8 Å². The zero-order chi connectivity index (χ0) is 18.0. The lowest BCUT2D eigenvalue weighted by Gasteiger charge is -2.20. The van der Waals surface area contributed by atoms with Crippen LogP contribution in [0.2, 0.25) is 0 Å². The number of pyridine rings is 1. The van der Waals surface area contributed by atoms with Crippen molar-refractivity contribution in [2.24, 2.45) is 5.92 Å². The van der Waals surface area contributed by atoms with Crippen LogP contribution in [-0.2, 0) is 4.79 Å². The Balaban J connectivity index is 1.42. The Kier molecular flexibility index (Phi) is 4.94. The van der Waals surface area contributed by atoms with Gasteiger partial charge in [-0.1, -0.05) is 6.07 Å².